The molecule has 0 aromatic heterocycles. The van der Waals surface area contributed by atoms with E-state index in [-0.39, 0.29) is 0 Å². The van der Waals surface area contributed by atoms with E-state index >= 15 is 0 Å². The van der Waals surface area contributed by atoms with Crippen molar-refractivity contribution in [1.82, 2.24) is 0 Å². The summed E-state index contributed by atoms with van der Waals surface area (Å²) in [6.07, 6.45) is 0. The number of methoxy groups -OCH3 is 2. The van der Waals surface area contributed by atoms with Gasteiger partial charge in [-0.2, -0.15) is 0 Å². The van der Waals surface area contributed by atoms with Crippen molar-refractivity contribution in [3.63, 3.8) is 0 Å². The molecule has 0 spiro atoms. The Labute approximate surface area is 95.4 Å². The molecule has 0 aliphatic rings. The minimum absolute atomic E-state index is 0.734. The second-order valence-electron chi connectivity index (χ2n) is 3.32. The summed E-state index contributed by atoms with van der Waals surface area (Å²) >= 11 is 0. The summed E-state index contributed by atoms with van der Waals surface area (Å²) in [4.78, 5) is 0. The predicted molar refractivity (Wildman–Crippen MR) is 63.8 cm³/mol. The summed E-state index contributed by atoms with van der Waals surface area (Å²) in [7, 11) is 3.28. The Bertz CT molecular complexity index is 463. The zero-order valence-electron chi connectivity index (χ0n) is 9.36. The molecule has 2 rings (SSSR count). The molecule has 0 unspecified atom stereocenters. The Morgan fingerprint density at radius 3 is 2.44 bits per heavy atom. The lowest BCUT2D eigenvalue weighted by Gasteiger charge is -2.12. The Morgan fingerprint density at radius 1 is 0.938 bits per heavy atom. The largest absolute Gasteiger partial charge is 0.493 e. The number of rotatable bonds is 3. The molecular formula is C14H13O2. The lowest BCUT2D eigenvalue weighted by atomic mass is 10.0. The lowest BCUT2D eigenvalue weighted by Crippen LogP contribution is -1.92. The molecule has 0 amide bonds. The van der Waals surface area contributed by atoms with Crippen molar-refractivity contribution in [2.45, 2.75) is 0 Å². The van der Waals surface area contributed by atoms with Gasteiger partial charge in [-0.15, -0.1) is 0 Å². The van der Waals surface area contributed by atoms with Crippen LogP contribution in [0.4, 0.5) is 0 Å². The number of para-hydroxylation sites is 1. The molecule has 0 aliphatic carbocycles. The van der Waals surface area contributed by atoms with Crippen LogP contribution in [0.15, 0.2) is 42.5 Å². The molecule has 2 nitrogen and oxygen atoms in total. The standard InChI is InChI=1S/C14H13O2/c1-15-13-10-6-9-12(14(13)16-2)11-7-4-3-5-8-11/h3-7,9-10H,1-2H3. The first kappa shape index (κ1) is 10.6. The molecular weight excluding hydrogens is 200 g/mol. The molecule has 1 radical (unpaired) electrons. The summed E-state index contributed by atoms with van der Waals surface area (Å²) in [5, 5.41) is 0. The highest BCUT2D eigenvalue weighted by atomic mass is 16.5. The summed E-state index contributed by atoms with van der Waals surface area (Å²) in [6.45, 7) is 0. The van der Waals surface area contributed by atoms with Crippen LogP contribution in [0.2, 0.25) is 0 Å². The maximum absolute atomic E-state index is 5.38. The summed E-state index contributed by atoms with van der Waals surface area (Å²) < 4.78 is 10.6. The molecule has 2 heteroatoms. The average molecular weight is 213 g/mol. The molecule has 0 heterocycles. The number of benzene rings is 2. The quantitative estimate of drug-likeness (QED) is 0.779. The topological polar surface area (TPSA) is 18.5 Å². The van der Waals surface area contributed by atoms with Gasteiger partial charge < -0.3 is 9.47 Å². The van der Waals surface area contributed by atoms with Crippen LogP contribution in [0.1, 0.15) is 0 Å². The van der Waals surface area contributed by atoms with E-state index in [2.05, 4.69) is 6.07 Å². The van der Waals surface area contributed by atoms with Crippen LogP contribution < -0.4 is 9.47 Å². The van der Waals surface area contributed by atoms with Gasteiger partial charge in [-0.3, -0.25) is 0 Å². The first-order valence-electron chi connectivity index (χ1n) is 5.05. The van der Waals surface area contributed by atoms with E-state index in [1.165, 1.54) is 0 Å². The van der Waals surface area contributed by atoms with Gasteiger partial charge in [0, 0.05) is 5.56 Å². The van der Waals surface area contributed by atoms with Gasteiger partial charge in [0.25, 0.3) is 0 Å². The van der Waals surface area contributed by atoms with E-state index in [1.807, 2.05) is 42.5 Å². The van der Waals surface area contributed by atoms with Crippen molar-refractivity contribution < 1.29 is 9.47 Å². The summed E-state index contributed by atoms with van der Waals surface area (Å²) in [6, 6.07) is 16.8. The smallest absolute Gasteiger partial charge is 0.168 e. The van der Waals surface area contributed by atoms with Gasteiger partial charge in [0.05, 0.1) is 14.2 Å². The molecule has 2 aromatic rings. The maximum Gasteiger partial charge on any atom is 0.168 e. The lowest BCUT2D eigenvalue weighted by molar-refractivity contribution is 0.356. The number of ether oxygens (including phenoxy) is 2. The third-order valence-corrected chi connectivity index (χ3v) is 2.40. The SMILES string of the molecule is COc1cccc(-c2[c]cccc2)c1OC. The molecule has 0 N–H and O–H groups in total. The Hall–Kier alpha value is -1.96. The van der Waals surface area contributed by atoms with Crippen LogP contribution in [-0.4, -0.2) is 14.2 Å². The molecule has 0 bridgehead atoms. The Kier molecular flexibility index (Phi) is 3.10. The molecule has 2 aromatic carbocycles. The van der Waals surface area contributed by atoms with E-state index in [4.69, 9.17) is 9.47 Å². The summed E-state index contributed by atoms with van der Waals surface area (Å²) in [5.41, 5.74) is 1.99. The van der Waals surface area contributed by atoms with Crippen molar-refractivity contribution in [3.05, 3.63) is 48.5 Å². The minimum atomic E-state index is 0.734. The van der Waals surface area contributed by atoms with Crippen LogP contribution in [0, 0.1) is 6.07 Å². The maximum atomic E-state index is 5.38. The Morgan fingerprint density at radius 2 is 1.81 bits per heavy atom. The highest BCUT2D eigenvalue weighted by molar-refractivity contribution is 5.73. The van der Waals surface area contributed by atoms with Crippen LogP contribution in [0.3, 0.4) is 0 Å². The second-order valence-corrected chi connectivity index (χ2v) is 3.32. The van der Waals surface area contributed by atoms with E-state index in [9.17, 15) is 0 Å². The van der Waals surface area contributed by atoms with E-state index < -0.39 is 0 Å². The van der Waals surface area contributed by atoms with Crippen molar-refractivity contribution in [1.29, 1.82) is 0 Å². The summed E-state index contributed by atoms with van der Waals surface area (Å²) in [5.74, 6) is 1.48. The van der Waals surface area contributed by atoms with Crippen molar-refractivity contribution in [2.75, 3.05) is 14.2 Å². The number of hydrogen-bond acceptors (Lipinski definition) is 2. The predicted octanol–water partition coefficient (Wildman–Crippen LogP) is 3.17. The van der Waals surface area contributed by atoms with Gasteiger partial charge >= 0.3 is 0 Å². The van der Waals surface area contributed by atoms with Crippen molar-refractivity contribution in [3.8, 4) is 22.6 Å². The fourth-order valence-electron chi connectivity index (χ4n) is 1.66. The van der Waals surface area contributed by atoms with Crippen LogP contribution in [-0.2, 0) is 0 Å². The Balaban J connectivity index is 2.57. The van der Waals surface area contributed by atoms with Gasteiger partial charge in [-0.05, 0) is 17.7 Å². The molecule has 0 fully saturated rings. The van der Waals surface area contributed by atoms with Crippen molar-refractivity contribution >= 4 is 0 Å². The average Bonchev–Trinajstić information content (AvgIpc) is 2.38. The van der Waals surface area contributed by atoms with Crippen LogP contribution in [0.5, 0.6) is 11.5 Å². The van der Waals surface area contributed by atoms with Crippen LogP contribution >= 0.6 is 0 Å². The van der Waals surface area contributed by atoms with Crippen LogP contribution in [0.25, 0.3) is 11.1 Å². The second kappa shape index (κ2) is 4.71. The zero-order valence-corrected chi connectivity index (χ0v) is 9.36. The van der Waals surface area contributed by atoms with E-state index in [0.717, 1.165) is 22.6 Å². The fraction of sp³-hybridized carbons (Fsp3) is 0.143. The van der Waals surface area contributed by atoms with Gasteiger partial charge in [0.1, 0.15) is 0 Å². The molecule has 0 atom stereocenters. The highest BCUT2D eigenvalue weighted by Gasteiger charge is 2.10. The van der Waals surface area contributed by atoms with Gasteiger partial charge in [0.2, 0.25) is 0 Å². The normalized spacial score (nSPS) is 9.88. The molecule has 0 saturated heterocycles. The molecule has 0 aliphatic heterocycles. The highest BCUT2D eigenvalue weighted by Crippen LogP contribution is 2.37. The number of hydrogen-bond donors (Lipinski definition) is 0. The van der Waals surface area contributed by atoms with Crippen molar-refractivity contribution in [2.24, 2.45) is 0 Å². The van der Waals surface area contributed by atoms with Gasteiger partial charge in [-0.25, -0.2) is 0 Å². The first-order valence-corrected chi connectivity index (χ1v) is 5.05. The van der Waals surface area contributed by atoms with E-state index in [1.54, 1.807) is 14.2 Å². The molecule has 16 heavy (non-hydrogen) atoms. The van der Waals surface area contributed by atoms with Gasteiger partial charge in [0.15, 0.2) is 11.5 Å². The third kappa shape index (κ3) is 1.87. The monoisotopic (exact) mass is 213 g/mol. The minimum Gasteiger partial charge on any atom is -0.493 e. The first-order chi connectivity index (χ1) is 7.86. The zero-order chi connectivity index (χ0) is 11.4. The van der Waals surface area contributed by atoms with Gasteiger partial charge in [-0.1, -0.05) is 36.4 Å². The van der Waals surface area contributed by atoms with E-state index in [0.29, 0.717) is 0 Å². The fourth-order valence-corrected chi connectivity index (χ4v) is 1.66. The third-order valence-electron chi connectivity index (χ3n) is 2.40. The molecule has 81 valence electrons. The molecule has 0 saturated carbocycles.